The van der Waals surface area contributed by atoms with Gasteiger partial charge in [-0.2, -0.15) is 0 Å². The van der Waals surface area contributed by atoms with Crippen molar-refractivity contribution >= 4 is 12.0 Å². The van der Waals surface area contributed by atoms with Gasteiger partial charge in [-0.25, -0.2) is 0 Å². The van der Waals surface area contributed by atoms with Gasteiger partial charge in [-0.05, 0) is 6.08 Å². The number of amides is 1. The molecule has 4 heteroatoms. The molecule has 1 rings (SSSR count). The van der Waals surface area contributed by atoms with E-state index in [0.717, 1.165) is 6.08 Å². The average Bonchev–Trinajstić information content (AvgIpc) is 2.03. The minimum absolute atomic E-state index is 0.147. The molecule has 1 aromatic heterocycles. The smallest absolute Gasteiger partial charge is 0.241 e. The van der Waals surface area contributed by atoms with E-state index in [0.29, 0.717) is 5.56 Å². The van der Waals surface area contributed by atoms with Gasteiger partial charge >= 0.3 is 0 Å². The van der Waals surface area contributed by atoms with Crippen LogP contribution in [0.3, 0.4) is 0 Å². The predicted molar refractivity (Wildman–Crippen MR) is 45.3 cm³/mol. The number of nitrogens with two attached hydrogens (primary N) is 1. The first-order valence-corrected chi connectivity index (χ1v) is 3.35. The molecule has 1 heterocycles. The second-order valence-corrected chi connectivity index (χ2v) is 2.20. The zero-order valence-electron chi connectivity index (χ0n) is 6.28. The molecule has 0 aliphatic heterocycles. The molecule has 0 spiro atoms. The van der Waals surface area contributed by atoms with E-state index >= 15 is 0 Å². The van der Waals surface area contributed by atoms with Gasteiger partial charge in [0.15, 0.2) is 5.43 Å². The van der Waals surface area contributed by atoms with Crippen LogP contribution in [0.1, 0.15) is 5.56 Å². The van der Waals surface area contributed by atoms with Gasteiger partial charge in [0, 0.05) is 30.1 Å². The van der Waals surface area contributed by atoms with E-state index in [-0.39, 0.29) is 5.43 Å². The molecule has 12 heavy (non-hydrogen) atoms. The van der Waals surface area contributed by atoms with Gasteiger partial charge in [-0.3, -0.25) is 9.59 Å². The maximum absolute atomic E-state index is 11.0. The summed E-state index contributed by atoms with van der Waals surface area (Å²) in [7, 11) is 0. The molecule has 62 valence electrons. The molecule has 0 atom stereocenters. The van der Waals surface area contributed by atoms with Crippen molar-refractivity contribution in [1.82, 2.24) is 4.98 Å². The van der Waals surface area contributed by atoms with E-state index < -0.39 is 5.91 Å². The second-order valence-electron chi connectivity index (χ2n) is 2.20. The van der Waals surface area contributed by atoms with Crippen LogP contribution in [0.5, 0.6) is 0 Å². The molecule has 3 N–H and O–H groups in total. The van der Waals surface area contributed by atoms with Crippen molar-refractivity contribution in [2.45, 2.75) is 0 Å². The molecule has 0 aromatic carbocycles. The lowest BCUT2D eigenvalue weighted by atomic mass is 10.2. The first kappa shape index (κ1) is 8.26. The van der Waals surface area contributed by atoms with E-state index in [1.165, 1.54) is 24.5 Å². The van der Waals surface area contributed by atoms with Crippen LogP contribution in [0, 0.1) is 0 Å². The molecular formula is C8H8N2O2. The number of aromatic amines is 1. The van der Waals surface area contributed by atoms with Gasteiger partial charge in [-0.1, -0.05) is 0 Å². The summed E-state index contributed by atoms with van der Waals surface area (Å²) < 4.78 is 0. The van der Waals surface area contributed by atoms with Crippen molar-refractivity contribution in [3.63, 3.8) is 0 Å². The molecule has 0 unspecified atom stereocenters. The lowest BCUT2D eigenvalue weighted by Gasteiger charge is -1.88. The van der Waals surface area contributed by atoms with E-state index in [1.807, 2.05) is 0 Å². The summed E-state index contributed by atoms with van der Waals surface area (Å²) in [6.45, 7) is 0. The Morgan fingerprint density at radius 2 is 2.33 bits per heavy atom. The van der Waals surface area contributed by atoms with Crippen LogP contribution >= 0.6 is 0 Å². The van der Waals surface area contributed by atoms with Gasteiger partial charge in [0.05, 0.1) is 0 Å². The van der Waals surface area contributed by atoms with Gasteiger partial charge in [0.1, 0.15) is 0 Å². The van der Waals surface area contributed by atoms with Gasteiger partial charge in [-0.15, -0.1) is 0 Å². The maximum atomic E-state index is 11.0. The van der Waals surface area contributed by atoms with E-state index in [9.17, 15) is 9.59 Å². The van der Waals surface area contributed by atoms with Crippen molar-refractivity contribution in [1.29, 1.82) is 0 Å². The highest BCUT2D eigenvalue weighted by molar-refractivity contribution is 5.90. The summed E-state index contributed by atoms with van der Waals surface area (Å²) in [5.41, 5.74) is 5.12. The van der Waals surface area contributed by atoms with Crippen molar-refractivity contribution in [2.75, 3.05) is 0 Å². The summed E-state index contributed by atoms with van der Waals surface area (Å²) in [6.07, 6.45) is 5.54. The Kier molecular flexibility index (Phi) is 2.42. The summed E-state index contributed by atoms with van der Waals surface area (Å²) in [6, 6.07) is 1.38. The Bertz CT molecular complexity index is 365. The normalized spacial score (nSPS) is 10.3. The number of carbonyl (C=O) groups excluding carboxylic acids is 1. The van der Waals surface area contributed by atoms with Gasteiger partial charge in [0.25, 0.3) is 0 Å². The third-order valence-corrected chi connectivity index (χ3v) is 1.28. The standard InChI is InChI=1S/C8H8N2O2/c9-8(12)2-1-6-5-10-4-3-7(6)11/h1-5H,(H2,9,12)(H,10,11). The number of nitrogens with one attached hydrogen (secondary N) is 1. The predicted octanol–water partition coefficient (Wildman–Crippen LogP) is -0.127. The van der Waals surface area contributed by atoms with Crippen molar-refractivity contribution in [2.24, 2.45) is 5.73 Å². The fraction of sp³-hybridized carbons (Fsp3) is 0. The zero-order valence-corrected chi connectivity index (χ0v) is 6.28. The quantitative estimate of drug-likeness (QED) is 0.597. The maximum Gasteiger partial charge on any atom is 0.241 e. The topological polar surface area (TPSA) is 76.0 Å². The molecule has 0 radical (unpaired) electrons. The number of H-pyrrole nitrogens is 1. The van der Waals surface area contributed by atoms with Crippen LogP contribution in [0.25, 0.3) is 6.08 Å². The van der Waals surface area contributed by atoms with E-state index in [1.54, 1.807) is 0 Å². The third kappa shape index (κ3) is 2.09. The Hall–Kier alpha value is -1.84. The van der Waals surface area contributed by atoms with E-state index in [4.69, 9.17) is 5.73 Å². The number of hydrogen-bond donors (Lipinski definition) is 2. The lowest BCUT2D eigenvalue weighted by Crippen LogP contribution is -2.07. The van der Waals surface area contributed by atoms with Crippen LogP contribution < -0.4 is 11.2 Å². The number of carbonyl (C=O) groups is 1. The summed E-state index contributed by atoms with van der Waals surface area (Å²) >= 11 is 0. The van der Waals surface area contributed by atoms with Crippen LogP contribution in [0.15, 0.2) is 29.3 Å². The van der Waals surface area contributed by atoms with Gasteiger partial charge in [0.2, 0.25) is 5.91 Å². The first-order chi connectivity index (χ1) is 5.70. The Morgan fingerprint density at radius 3 is 2.92 bits per heavy atom. The molecule has 0 bridgehead atoms. The van der Waals surface area contributed by atoms with Crippen LogP contribution in [0.4, 0.5) is 0 Å². The number of hydrogen-bond acceptors (Lipinski definition) is 2. The monoisotopic (exact) mass is 164 g/mol. The number of pyridine rings is 1. The van der Waals surface area contributed by atoms with Crippen LogP contribution in [0.2, 0.25) is 0 Å². The highest BCUT2D eigenvalue weighted by Gasteiger charge is 1.91. The molecule has 0 saturated carbocycles. The summed E-state index contributed by atoms with van der Waals surface area (Å²) in [4.78, 5) is 24.0. The number of primary amides is 1. The fourth-order valence-corrected chi connectivity index (χ4v) is 0.731. The molecule has 0 aliphatic carbocycles. The largest absolute Gasteiger partial charge is 0.367 e. The number of rotatable bonds is 2. The Balaban J connectivity index is 2.97. The minimum Gasteiger partial charge on any atom is -0.367 e. The van der Waals surface area contributed by atoms with Crippen molar-refractivity contribution in [3.8, 4) is 0 Å². The van der Waals surface area contributed by atoms with Crippen LogP contribution in [-0.4, -0.2) is 10.9 Å². The molecule has 0 aliphatic rings. The summed E-state index contributed by atoms with van der Waals surface area (Å²) in [5, 5.41) is 0. The van der Waals surface area contributed by atoms with Crippen LogP contribution in [-0.2, 0) is 4.79 Å². The fourth-order valence-electron chi connectivity index (χ4n) is 0.731. The SMILES string of the molecule is NC(=O)C=Cc1c[nH]ccc1=O. The van der Waals surface area contributed by atoms with Gasteiger partial charge < -0.3 is 10.7 Å². The molecule has 4 nitrogen and oxygen atoms in total. The second kappa shape index (κ2) is 3.52. The lowest BCUT2D eigenvalue weighted by molar-refractivity contribution is -0.113. The molecule has 1 amide bonds. The zero-order chi connectivity index (χ0) is 8.97. The Labute approximate surface area is 68.7 Å². The number of aromatic nitrogens is 1. The molecule has 1 aromatic rings. The van der Waals surface area contributed by atoms with Crippen molar-refractivity contribution < 1.29 is 4.79 Å². The molecular weight excluding hydrogens is 156 g/mol. The molecule has 0 fully saturated rings. The van der Waals surface area contributed by atoms with Crippen molar-refractivity contribution in [3.05, 3.63) is 40.3 Å². The highest BCUT2D eigenvalue weighted by Crippen LogP contribution is 1.90. The summed E-state index contributed by atoms with van der Waals surface area (Å²) in [5.74, 6) is -0.571. The van der Waals surface area contributed by atoms with E-state index in [2.05, 4.69) is 4.98 Å². The average molecular weight is 164 g/mol. The Morgan fingerprint density at radius 1 is 1.58 bits per heavy atom. The molecule has 0 saturated heterocycles. The third-order valence-electron chi connectivity index (χ3n) is 1.28. The highest BCUT2D eigenvalue weighted by atomic mass is 16.1. The minimum atomic E-state index is -0.571. The first-order valence-electron chi connectivity index (χ1n) is 3.35.